The maximum Gasteiger partial charge on any atom is 0.123 e. The molecule has 0 unspecified atom stereocenters. The fraction of sp³-hybridized carbons (Fsp3) is 0.214. The van der Waals surface area contributed by atoms with E-state index in [1.54, 1.807) is 24.5 Å². The third-order valence-corrected chi connectivity index (χ3v) is 2.84. The molecule has 0 bridgehead atoms. The Bertz CT molecular complexity index is 511. The van der Waals surface area contributed by atoms with Gasteiger partial charge in [-0.2, -0.15) is 0 Å². The number of benzene rings is 1. The molecule has 0 aliphatic rings. The molecule has 2 N–H and O–H groups in total. The van der Waals surface area contributed by atoms with Crippen LogP contribution in [0.3, 0.4) is 0 Å². The fourth-order valence-electron chi connectivity index (χ4n) is 1.95. The number of hydrogen-bond donors (Lipinski definition) is 1. The second-order valence-corrected chi connectivity index (χ2v) is 3.93. The van der Waals surface area contributed by atoms with Crippen LogP contribution in [0.5, 0.6) is 0 Å². The molecular formula is C14H16FN3. The Morgan fingerprint density at radius 2 is 1.94 bits per heavy atom. The van der Waals surface area contributed by atoms with Crippen LogP contribution >= 0.6 is 0 Å². The minimum atomic E-state index is -0.233. The van der Waals surface area contributed by atoms with Crippen LogP contribution < -0.4 is 10.6 Å². The van der Waals surface area contributed by atoms with Crippen LogP contribution in [0.4, 0.5) is 15.8 Å². The van der Waals surface area contributed by atoms with E-state index >= 15 is 0 Å². The van der Waals surface area contributed by atoms with E-state index in [2.05, 4.69) is 9.88 Å². The maximum atomic E-state index is 13.0. The SMILES string of the molecule is CCN(c1ccc(F)cc1)c1ccncc1CN. The van der Waals surface area contributed by atoms with Crippen LogP contribution in [0.15, 0.2) is 42.7 Å². The molecule has 0 aliphatic carbocycles. The molecule has 0 fully saturated rings. The first-order chi connectivity index (χ1) is 8.76. The van der Waals surface area contributed by atoms with Crippen molar-refractivity contribution in [3.8, 4) is 0 Å². The van der Waals surface area contributed by atoms with Crippen molar-refractivity contribution in [1.82, 2.24) is 4.98 Å². The van der Waals surface area contributed by atoms with Crippen LogP contribution in [-0.4, -0.2) is 11.5 Å². The third kappa shape index (κ3) is 2.49. The van der Waals surface area contributed by atoms with Crippen LogP contribution in [0.2, 0.25) is 0 Å². The van der Waals surface area contributed by atoms with Gasteiger partial charge in [0.25, 0.3) is 0 Å². The number of hydrogen-bond acceptors (Lipinski definition) is 3. The van der Waals surface area contributed by atoms with E-state index in [4.69, 9.17) is 5.73 Å². The Morgan fingerprint density at radius 3 is 2.56 bits per heavy atom. The highest BCUT2D eigenvalue weighted by molar-refractivity contribution is 5.65. The molecule has 0 saturated carbocycles. The lowest BCUT2D eigenvalue weighted by Crippen LogP contribution is -2.18. The summed E-state index contributed by atoms with van der Waals surface area (Å²) in [6.45, 7) is 3.26. The fourth-order valence-corrected chi connectivity index (χ4v) is 1.95. The topological polar surface area (TPSA) is 42.2 Å². The molecule has 1 aromatic heterocycles. The largest absolute Gasteiger partial charge is 0.341 e. The minimum Gasteiger partial charge on any atom is -0.341 e. The number of halogens is 1. The zero-order valence-corrected chi connectivity index (χ0v) is 10.3. The van der Waals surface area contributed by atoms with Crippen molar-refractivity contribution >= 4 is 11.4 Å². The number of nitrogens with zero attached hydrogens (tertiary/aromatic N) is 2. The average molecular weight is 245 g/mol. The Kier molecular flexibility index (Phi) is 3.89. The minimum absolute atomic E-state index is 0.233. The first kappa shape index (κ1) is 12.5. The molecular weight excluding hydrogens is 229 g/mol. The summed E-state index contributed by atoms with van der Waals surface area (Å²) in [6, 6.07) is 8.37. The summed E-state index contributed by atoms with van der Waals surface area (Å²) in [5.74, 6) is -0.233. The molecule has 0 saturated heterocycles. The van der Waals surface area contributed by atoms with Crippen molar-refractivity contribution in [2.24, 2.45) is 5.73 Å². The first-order valence-electron chi connectivity index (χ1n) is 5.92. The van der Waals surface area contributed by atoms with Gasteiger partial charge in [0.2, 0.25) is 0 Å². The average Bonchev–Trinajstić information content (AvgIpc) is 2.42. The Balaban J connectivity index is 2.41. The second kappa shape index (κ2) is 5.60. The van der Waals surface area contributed by atoms with Gasteiger partial charge in [0.15, 0.2) is 0 Å². The van der Waals surface area contributed by atoms with Crippen molar-refractivity contribution in [1.29, 1.82) is 0 Å². The molecule has 1 heterocycles. The number of nitrogens with two attached hydrogens (primary N) is 1. The van der Waals surface area contributed by atoms with E-state index in [1.165, 1.54) is 12.1 Å². The summed E-state index contributed by atoms with van der Waals surface area (Å²) >= 11 is 0. The Morgan fingerprint density at radius 1 is 1.22 bits per heavy atom. The van der Waals surface area contributed by atoms with E-state index < -0.39 is 0 Å². The van der Waals surface area contributed by atoms with Gasteiger partial charge in [-0.15, -0.1) is 0 Å². The molecule has 18 heavy (non-hydrogen) atoms. The lowest BCUT2D eigenvalue weighted by molar-refractivity contribution is 0.628. The molecule has 2 rings (SSSR count). The van der Waals surface area contributed by atoms with Gasteiger partial charge < -0.3 is 10.6 Å². The molecule has 4 heteroatoms. The molecule has 94 valence electrons. The Hall–Kier alpha value is -1.94. The number of anilines is 2. The highest BCUT2D eigenvalue weighted by Gasteiger charge is 2.10. The lowest BCUT2D eigenvalue weighted by Gasteiger charge is -2.25. The van der Waals surface area contributed by atoms with Crippen LogP contribution in [-0.2, 0) is 6.54 Å². The van der Waals surface area contributed by atoms with Crippen molar-refractivity contribution in [2.75, 3.05) is 11.4 Å². The number of pyridine rings is 1. The third-order valence-electron chi connectivity index (χ3n) is 2.84. The van der Waals surface area contributed by atoms with Gasteiger partial charge in [0, 0.05) is 42.4 Å². The van der Waals surface area contributed by atoms with Gasteiger partial charge in [0.05, 0.1) is 0 Å². The molecule has 0 atom stereocenters. The van der Waals surface area contributed by atoms with Crippen LogP contribution in [0.25, 0.3) is 0 Å². The summed E-state index contributed by atoms with van der Waals surface area (Å²) in [5, 5.41) is 0. The highest BCUT2D eigenvalue weighted by atomic mass is 19.1. The van der Waals surface area contributed by atoms with Gasteiger partial charge in [-0.3, -0.25) is 4.98 Å². The molecule has 0 spiro atoms. The van der Waals surface area contributed by atoms with Crippen molar-refractivity contribution in [3.63, 3.8) is 0 Å². The van der Waals surface area contributed by atoms with Gasteiger partial charge in [-0.05, 0) is 37.3 Å². The standard InChI is InChI=1S/C14H16FN3/c1-2-18(13-5-3-12(15)4-6-13)14-7-8-17-10-11(14)9-16/h3-8,10H,2,9,16H2,1H3. The quantitative estimate of drug-likeness (QED) is 0.900. The highest BCUT2D eigenvalue weighted by Crippen LogP contribution is 2.27. The lowest BCUT2D eigenvalue weighted by atomic mass is 10.2. The monoisotopic (exact) mass is 245 g/mol. The number of aromatic nitrogens is 1. The van der Waals surface area contributed by atoms with Crippen molar-refractivity contribution in [3.05, 3.63) is 54.1 Å². The second-order valence-electron chi connectivity index (χ2n) is 3.93. The van der Waals surface area contributed by atoms with Crippen LogP contribution in [0, 0.1) is 5.82 Å². The molecule has 2 aromatic rings. The molecule has 0 radical (unpaired) electrons. The smallest absolute Gasteiger partial charge is 0.123 e. The molecule has 0 aliphatic heterocycles. The van der Waals surface area contributed by atoms with E-state index in [0.29, 0.717) is 6.54 Å². The van der Waals surface area contributed by atoms with E-state index in [1.807, 2.05) is 13.0 Å². The maximum absolute atomic E-state index is 13.0. The molecule has 3 nitrogen and oxygen atoms in total. The molecule has 0 amide bonds. The van der Waals surface area contributed by atoms with E-state index in [-0.39, 0.29) is 5.82 Å². The van der Waals surface area contributed by atoms with Gasteiger partial charge in [0.1, 0.15) is 5.82 Å². The van der Waals surface area contributed by atoms with E-state index in [9.17, 15) is 4.39 Å². The zero-order chi connectivity index (χ0) is 13.0. The Labute approximate surface area is 106 Å². The van der Waals surface area contributed by atoms with Gasteiger partial charge in [-0.1, -0.05) is 0 Å². The summed E-state index contributed by atoms with van der Waals surface area (Å²) in [5.41, 5.74) is 8.65. The van der Waals surface area contributed by atoms with Crippen molar-refractivity contribution < 1.29 is 4.39 Å². The van der Waals surface area contributed by atoms with Gasteiger partial charge >= 0.3 is 0 Å². The number of rotatable bonds is 4. The molecule has 1 aromatic carbocycles. The van der Waals surface area contributed by atoms with Crippen molar-refractivity contribution in [2.45, 2.75) is 13.5 Å². The zero-order valence-electron chi connectivity index (χ0n) is 10.3. The summed E-state index contributed by atoms with van der Waals surface area (Å²) in [7, 11) is 0. The van der Waals surface area contributed by atoms with Crippen LogP contribution in [0.1, 0.15) is 12.5 Å². The first-order valence-corrected chi connectivity index (χ1v) is 5.92. The predicted molar refractivity (Wildman–Crippen MR) is 71.2 cm³/mol. The summed E-state index contributed by atoms with van der Waals surface area (Å²) < 4.78 is 13.0. The van der Waals surface area contributed by atoms with Gasteiger partial charge in [-0.25, -0.2) is 4.39 Å². The normalized spacial score (nSPS) is 10.4. The van der Waals surface area contributed by atoms with E-state index in [0.717, 1.165) is 23.5 Å². The predicted octanol–water partition coefficient (Wildman–Crippen LogP) is 2.84. The summed E-state index contributed by atoms with van der Waals surface area (Å²) in [6.07, 6.45) is 3.50. The summed E-state index contributed by atoms with van der Waals surface area (Å²) in [4.78, 5) is 6.16.